The molecule has 1 heterocycles. The second-order valence-electron chi connectivity index (χ2n) is 8.31. The van der Waals surface area contributed by atoms with E-state index in [0.717, 1.165) is 24.2 Å². The molecule has 4 atom stereocenters. The predicted molar refractivity (Wildman–Crippen MR) is 93.7 cm³/mol. The molecular formula is C20H28N2O2. The molecule has 1 aromatic rings. The van der Waals surface area contributed by atoms with E-state index in [0.29, 0.717) is 23.4 Å². The number of rotatable bonds is 2. The lowest BCUT2D eigenvalue weighted by atomic mass is 9.59. The van der Waals surface area contributed by atoms with Crippen molar-refractivity contribution in [2.45, 2.75) is 57.6 Å². The van der Waals surface area contributed by atoms with Gasteiger partial charge in [-0.2, -0.15) is 10.3 Å². The van der Waals surface area contributed by atoms with Crippen molar-refractivity contribution in [1.29, 1.82) is 5.26 Å². The van der Waals surface area contributed by atoms with Crippen LogP contribution in [0.1, 0.15) is 51.7 Å². The quantitative estimate of drug-likeness (QED) is 0.826. The summed E-state index contributed by atoms with van der Waals surface area (Å²) in [6.07, 6.45) is 2.09. The molecule has 130 valence electrons. The molecule has 0 spiro atoms. The van der Waals surface area contributed by atoms with Crippen molar-refractivity contribution in [3.63, 3.8) is 0 Å². The summed E-state index contributed by atoms with van der Waals surface area (Å²) in [5.74, 6) is 1.84. The van der Waals surface area contributed by atoms with Gasteiger partial charge in [0.05, 0.1) is 24.3 Å². The molecular weight excluding hydrogens is 300 g/mol. The molecule has 1 aliphatic carbocycles. The number of nitrogens with zero attached hydrogens (tertiary/aromatic N) is 2. The van der Waals surface area contributed by atoms with Crippen LogP contribution in [0.5, 0.6) is 5.75 Å². The first-order valence-corrected chi connectivity index (χ1v) is 8.72. The molecule has 4 heteroatoms. The number of hydrogen-bond donors (Lipinski definition) is 0. The molecule has 0 bridgehead atoms. The lowest BCUT2D eigenvalue weighted by Gasteiger charge is -2.46. The fourth-order valence-electron chi connectivity index (χ4n) is 5.15. The van der Waals surface area contributed by atoms with Gasteiger partial charge in [-0.1, -0.05) is 13.8 Å². The molecule has 2 aliphatic rings. The Labute approximate surface area is 145 Å². The van der Waals surface area contributed by atoms with Gasteiger partial charge >= 0.3 is 0 Å². The molecule has 1 saturated carbocycles. The predicted octanol–water partition coefficient (Wildman–Crippen LogP) is 3.89. The molecule has 0 radical (unpaired) electrons. The molecule has 2 fully saturated rings. The molecule has 24 heavy (non-hydrogen) atoms. The van der Waals surface area contributed by atoms with Crippen molar-refractivity contribution in [3.05, 3.63) is 29.3 Å². The van der Waals surface area contributed by atoms with Gasteiger partial charge in [-0.15, -0.1) is 0 Å². The van der Waals surface area contributed by atoms with Crippen LogP contribution in [0.2, 0.25) is 0 Å². The van der Waals surface area contributed by atoms with Gasteiger partial charge < -0.3 is 4.74 Å². The molecule has 4 nitrogen and oxygen atoms in total. The van der Waals surface area contributed by atoms with Gasteiger partial charge in [0.1, 0.15) is 5.75 Å². The Hall–Kier alpha value is -1.57. The Morgan fingerprint density at radius 3 is 2.62 bits per heavy atom. The van der Waals surface area contributed by atoms with Crippen molar-refractivity contribution in [2.75, 3.05) is 14.2 Å². The lowest BCUT2D eigenvalue weighted by molar-refractivity contribution is -0.182. The molecule has 0 aromatic heterocycles. The molecule has 1 aromatic carbocycles. The maximum Gasteiger partial charge on any atom is 0.122 e. The van der Waals surface area contributed by atoms with Crippen LogP contribution >= 0.6 is 0 Å². The van der Waals surface area contributed by atoms with Gasteiger partial charge in [-0.05, 0) is 56.2 Å². The van der Waals surface area contributed by atoms with Crippen LogP contribution in [-0.4, -0.2) is 30.9 Å². The summed E-state index contributed by atoms with van der Waals surface area (Å²) in [7, 11) is 3.77. The topological polar surface area (TPSA) is 45.5 Å². The minimum Gasteiger partial charge on any atom is -0.496 e. The highest BCUT2D eigenvalue weighted by Crippen LogP contribution is 2.54. The minimum atomic E-state index is -0.171. The third-order valence-electron chi connectivity index (χ3n) is 6.11. The summed E-state index contributed by atoms with van der Waals surface area (Å²) in [6.45, 7) is 9.01. The van der Waals surface area contributed by atoms with Gasteiger partial charge in [0, 0.05) is 24.6 Å². The monoisotopic (exact) mass is 328 g/mol. The maximum absolute atomic E-state index is 9.31. The summed E-state index contributed by atoms with van der Waals surface area (Å²) < 4.78 is 5.63. The Morgan fingerprint density at radius 2 is 2.00 bits per heavy atom. The van der Waals surface area contributed by atoms with Crippen LogP contribution in [0.3, 0.4) is 0 Å². The fraction of sp³-hybridized carbons (Fsp3) is 0.650. The molecule has 1 aliphatic heterocycles. The molecule has 1 saturated heterocycles. The van der Waals surface area contributed by atoms with Gasteiger partial charge in [0.25, 0.3) is 0 Å². The normalized spacial score (nSPS) is 35.3. The summed E-state index contributed by atoms with van der Waals surface area (Å²) in [4.78, 5) is 6.15. The summed E-state index contributed by atoms with van der Waals surface area (Å²) >= 11 is 0. The third-order valence-corrected chi connectivity index (χ3v) is 6.11. The molecule has 3 rings (SSSR count). The zero-order valence-corrected chi connectivity index (χ0v) is 15.6. The van der Waals surface area contributed by atoms with E-state index in [9.17, 15) is 5.26 Å². The zero-order chi connectivity index (χ0) is 17.7. The second-order valence-corrected chi connectivity index (χ2v) is 8.31. The van der Waals surface area contributed by atoms with E-state index in [-0.39, 0.29) is 11.0 Å². The smallest absolute Gasteiger partial charge is 0.122 e. The third kappa shape index (κ3) is 2.60. The van der Waals surface area contributed by atoms with Crippen LogP contribution in [0.15, 0.2) is 18.2 Å². The first-order chi connectivity index (χ1) is 11.2. The summed E-state index contributed by atoms with van der Waals surface area (Å²) in [6, 6.07) is 8.48. The number of nitriles is 1. The van der Waals surface area contributed by atoms with Crippen LogP contribution < -0.4 is 4.74 Å². The van der Waals surface area contributed by atoms with E-state index >= 15 is 0 Å². The van der Waals surface area contributed by atoms with Crippen molar-refractivity contribution in [3.8, 4) is 11.8 Å². The number of methoxy groups -OCH3 is 1. The van der Waals surface area contributed by atoms with E-state index in [1.165, 1.54) is 0 Å². The Kier molecular flexibility index (Phi) is 4.14. The summed E-state index contributed by atoms with van der Waals surface area (Å²) in [5.41, 5.74) is 1.65. The second kappa shape index (κ2) is 5.75. The van der Waals surface area contributed by atoms with E-state index in [1.54, 1.807) is 7.11 Å². The SMILES string of the molecule is COc1ccc(C#N)cc1[C@@]1(C)C[C@@H]2[C@@H]([C@@H](C)C1)N(C)OC2(C)C. The highest BCUT2D eigenvalue weighted by Gasteiger charge is 2.55. The number of hydrogen-bond acceptors (Lipinski definition) is 4. The first kappa shape index (κ1) is 17.3. The zero-order valence-electron chi connectivity index (χ0n) is 15.6. The summed E-state index contributed by atoms with van der Waals surface area (Å²) in [5, 5.41) is 11.4. The van der Waals surface area contributed by atoms with E-state index in [4.69, 9.17) is 9.57 Å². The first-order valence-electron chi connectivity index (χ1n) is 8.72. The Balaban J connectivity index is 2.04. The van der Waals surface area contributed by atoms with Crippen LogP contribution in [0.25, 0.3) is 0 Å². The van der Waals surface area contributed by atoms with Crippen LogP contribution in [0.4, 0.5) is 0 Å². The van der Waals surface area contributed by atoms with Gasteiger partial charge in [-0.3, -0.25) is 4.84 Å². The number of fused-ring (bicyclic) bond motifs is 1. The number of ether oxygens (including phenoxy) is 1. The van der Waals surface area contributed by atoms with Crippen LogP contribution in [-0.2, 0) is 10.3 Å². The van der Waals surface area contributed by atoms with Gasteiger partial charge in [-0.25, -0.2) is 0 Å². The molecule has 0 N–H and O–H groups in total. The minimum absolute atomic E-state index is 0.0232. The van der Waals surface area contributed by atoms with E-state index in [1.807, 2.05) is 18.2 Å². The Bertz CT molecular complexity index is 679. The highest BCUT2D eigenvalue weighted by molar-refractivity contribution is 5.46. The van der Waals surface area contributed by atoms with Crippen molar-refractivity contribution in [1.82, 2.24) is 5.06 Å². The molecule has 0 unspecified atom stereocenters. The average Bonchev–Trinajstić information content (AvgIpc) is 2.75. The fourth-order valence-corrected chi connectivity index (χ4v) is 5.15. The number of benzene rings is 1. The van der Waals surface area contributed by atoms with E-state index in [2.05, 4.69) is 45.9 Å². The standard InChI is InChI=1S/C20H28N2O2/c1-13-10-20(4,11-16-18(13)22(5)24-19(16,2)3)15-9-14(12-21)7-8-17(15)23-6/h7-9,13,16,18H,10-11H2,1-6H3/t13-,16+,18+,20+/m0/s1. The van der Waals surface area contributed by atoms with E-state index < -0.39 is 0 Å². The molecule has 0 amide bonds. The van der Waals surface area contributed by atoms with Crippen molar-refractivity contribution < 1.29 is 9.57 Å². The largest absolute Gasteiger partial charge is 0.496 e. The van der Waals surface area contributed by atoms with Gasteiger partial charge in [0.2, 0.25) is 0 Å². The number of hydroxylamine groups is 2. The maximum atomic E-state index is 9.31. The Morgan fingerprint density at radius 1 is 1.29 bits per heavy atom. The highest BCUT2D eigenvalue weighted by atomic mass is 16.7. The van der Waals surface area contributed by atoms with Crippen molar-refractivity contribution in [2.24, 2.45) is 11.8 Å². The van der Waals surface area contributed by atoms with Gasteiger partial charge in [0.15, 0.2) is 0 Å². The average molecular weight is 328 g/mol. The van der Waals surface area contributed by atoms with Crippen molar-refractivity contribution >= 4 is 0 Å². The lowest BCUT2D eigenvalue weighted by Crippen LogP contribution is -2.48. The van der Waals surface area contributed by atoms with Crippen LogP contribution in [0, 0.1) is 23.2 Å².